The normalized spacial score (nSPS) is 15.4. The molecular weight excluding hydrogens is 418 g/mol. The molecule has 1 fully saturated rings. The predicted molar refractivity (Wildman–Crippen MR) is 118 cm³/mol. The van der Waals surface area contributed by atoms with Crippen molar-refractivity contribution in [2.45, 2.75) is 48.8 Å². The molecule has 0 N–H and O–H groups in total. The Kier molecular flexibility index (Phi) is 6.26. The Labute approximate surface area is 181 Å². The van der Waals surface area contributed by atoms with Gasteiger partial charge < -0.3 is 4.42 Å². The standard InChI is InChI=1S/C22H25N3O3S2/c1-16-6-8-20(17(2)12-16)22-24-18(14-28-22)15-29-21-9-7-19(13-23-21)30(26,27)25-10-4-3-5-11-25/h6-9,12-14H,3-5,10-11,15H2,1-2H3. The minimum absolute atomic E-state index is 0.257. The first kappa shape index (κ1) is 21.1. The quantitative estimate of drug-likeness (QED) is 0.508. The van der Waals surface area contributed by atoms with Crippen LogP contribution in [-0.4, -0.2) is 35.8 Å². The SMILES string of the molecule is Cc1ccc(-c2nc(CSc3ccc(S(=O)(=O)N4CCCCC4)cn3)co2)c(C)c1. The Morgan fingerprint density at radius 3 is 2.60 bits per heavy atom. The van der Waals surface area contributed by atoms with E-state index in [1.165, 1.54) is 23.5 Å². The summed E-state index contributed by atoms with van der Waals surface area (Å²) in [5, 5.41) is 0.753. The van der Waals surface area contributed by atoms with E-state index in [1.807, 2.05) is 19.1 Å². The van der Waals surface area contributed by atoms with E-state index in [2.05, 4.69) is 23.0 Å². The second-order valence-corrected chi connectivity index (χ2v) is 10.5. The molecule has 6 nitrogen and oxygen atoms in total. The van der Waals surface area contributed by atoms with Gasteiger partial charge in [-0.05, 0) is 50.5 Å². The van der Waals surface area contributed by atoms with Gasteiger partial charge in [-0.2, -0.15) is 4.31 Å². The van der Waals surface area contributed by atoms with Crippen LogP contribution >= 0.6 is 11.8 Å². The highest BCUT2D eigenvalue weighted by Crippen LogP contribution is 2.27. The highest BCUT2D eigenvalue weighted by molar-refractivity contribution is 7.98. The molecule has 1 aliphatic rings. The van der Waals surface area contributed by atoms with E-state index in [-0.39, 0.29) is 4.90 Å². The van der Waals surface area contributed by atoms with Crippen molar-refractivity contribution in [2.24, 2.45) is 0 Å². The fourth-order valence-electron chi connectivity index (χ4n) is 3.56. The van der Waals surface area contributed by atoms with Crippen LogP contribution in [0.3, 0.4) is 0 Å². The van der Waals surface area contributed by atoms with E-state index in [4.69, 9.17) is 4.42 Å². The van der Waals surface area contributed by atoms with Gasteiger partial charge in [0, 0.05) is 30.6 Å². The Hall–Kier alpha value is -2.16. The van der Waals surface area contributed by atoms with Crippen molar-refractivity contribution >= 4 is 21.8 Å². The number of thioether (sulfide) groups is 1. The van der Waals surface area contributed by atoms with Gasteiger partial charge in [-0.25, -0.2) is 18.4 Å². The van der Waals surface area contributed by atoms with Crippen LogP contribution in [0.2, 0.25) is 0 Å². The van der Waals surface area contributed by atoms with E-state index in [1.54, 1.807) is 22.7 Å². The van der Waals surface area contributed by atoms with E-state index in [0.29, 0.717) is 24.7 Å². The number of oxazole rings is 1. The number of aromatic nitrogens is 2. The van der Waals surface area contributed by atoms with Crippen LogP contribution in [0.15, 0.2) is 57.1 Å². The lowest BCUT2D eigenvalue weighted by Crippen LogP contribution is -2.35. The highest BCUT2D eigenvalue weighted by Gasteiger charge is 2.26. The molecule has 30 heavy (non-hydrogen) atoms. The summed E-state index contributed by atoms with van der Waals surface area (Å²) in [6.07, 6.45) is 6.05. The van der Waals surface area contributed by atoms with Crippen molar-refractivity contribution < 1.29 is 12.8 Å². The summed E-state index contributed by atoms with van der Waals surface area (Å²) < 4.78 is 32.7. The van der Waals surface area contributed by atoms with Crippen molar-refractivity contribution in [3.8, 4) is 11.5 Å². The fourth-order valence-corrected chi connectivity index (χ4v) is 5.74. The molecule has 0 amide bonds. The average Bonchev–Trinajstić information content (AvgIpc) is 3.22. The Bertz CT molecular complexity index is 1120. The lowest BCUT2D eigenvalue weighted by atomic mass is 10.1. The molecule has 0 bridgehead atoms. The maximum absolute atomic E-state index is 12.7. The number of piperidine rings is 1. The molecule has 1 saturated heterocycles. The zero-order chi connectivity index (χ0) is 21.1. The first-order valence-electron chi connectivity index (χ1n) is 10.0. The lowest BCUT2D eigenvalue weighted by Gasteiger charge is -2.25. The first-order chi connectivity index (χ1) is 14.4. The van der Waals surface area contributed by atoms with Crippen LogP contribution < -0.4 is 0 Å². The number of rotatable bonds is 6. The monoisotopic (exact) mass is 443 g/mol. The largest absolute Gasteiger partial charge is 0.444 e. The topological polar surface area (TPSA) is 76.3 Å². The first-order valence-corrected chi connectivity index (χ1v) is 12.5. The molecule has 0 aliphatic carbocycles. The van der Waals surface area contributed by atoms with Crippen molar-refractivity contribution in [1.82, 2.24) is 14.3 Å². The number of hydrogen-bond donors (Lipinski definition) is 0. The van der Waals surface area contributed by atoms with Gasteiger partial charge in [0.05, 0.1) is 10.7 Å². The van der Waals surface area contributed by atoms with Crippen molar-refractivity contribution in [3.05, 3.63) is 59.6 Å². The molecule has 2 aromatic heterocycles. The minimum Gasteiger partial charge on any atom is -0.444 e. The smallest absolute Gasteiger partial charge is 0.244 e. The number of nitrogens with zero attached hydrogens (tertiary/aromatic N) is 3. The molecule has 3 aromatic rings. The molecule has 158 valence electrons. The zero-order valence-electron chi connectivity index (χ0n) is 17.2. The second kappa shape index (κ2) is 8.91. The zero-order valence-corrected chi connectivity index (χ0v) is 18.8. The van der Waals surface area contributed by atoms with Crippen LogP contribution in [0.1, 0.15) is 36.1 Å². The van der Waals surface area contributed by atoms with Gasteiger partial charge in [0.25, 0.3) is 0 Å². The molecule has 0 spiro atoms. The molecule has 1 aliphatic heterocycles. The van der Waals surface area contributed by atoms with Crippen molar-refractivity contribution in [1.29, 1.82) is 0 Å². The van der Waals surface area contributed by atoms with E-state index < -0.39 is 10.0 Å². The highest BCUT2D eigenvalue weighted by atomic mass is 32.2. The van der Waals surface area contributed by atoms with Crippen LogP contribution in [0, 0.1) is 13.8 Å². The Balaban J connectivity index is 1.40. The summed E-state index contributed by atoms with van der Waals surface area (Å²) in [5.74, 6) is 1.21. The predicted octanol–water partition coefficient (Wildman–Crippen LogP) is 4.82. The maximum atomic E-state index is 12.7. The van der Waals surface area contributed by atoms with Gasteiger partial charge in [0.15, 0.2) is 0 Å². The molecule has 0 unspecified atom stereocenters. The number of aryl methyl sites for hydroxylation is 2. The minimum atomic E-state index is -3.45. The molecule has 8 heteroatoms. The van der Waals surface area contributed by atoms with Crippen molar-refractivity contribution in [2.75, 3.05) is 13.1 Å². The molecule has 1 aromatic carbocycles. The molecule has 4 rings (SSSR count). The third-order valence-electron chi connectivity index (χ3n) is 5.19. The van der Waals surface area contributed by atoms with Crippen LogP contribution in [0.4, 0.5) is 0 Å². The summed E-state index contributed by atoms with van der Waals surface area (Å²) in [4.78, 5) is 9.19. The van der Waals surface area contributed by atoms with Crippen LogP contribution in [-0.2, 0) is 15.8 Å². The van der Waals surface area contributed by atoms with E-state index >= 15 is 0 Å². The van der Waals surface area contributed by atoms with Gasteiger partial charge in [-0.1, -0.05) is 35.9 Å². The lowest BCUT2D eigenvalue weighted by molar-refractivity contribution is 0.346. The summed E-state index contributed by atoms with van der Waals surface area (Å²) in [5.41, 5.74) is 4.14. The molecule has 0 saturated carbocycles. The Morgan fingerprint density at radius 1 is 1.10 bits per heavy atom. The number of benzene rings is 1. The van der Waals surface area contributed by atoms with Crippen LogP contribution in [0.25, 0.3) is 11.5 Å². The molecule has 3 heterocycles. The third kappa shape index (κ3) is 4.61. The number of sulfonamides is 1. The number of hydrogen-bond acceptors (Lipinski definition) is 6. The summed E-state index contributed by atoms with van der Waals surface area (Å²) in [7, 11) is -3.45. The second-order valence-electron chi connectivity index (χ2n) is 7.55. The van der Waals surface area contributed by atoms with Gasteiger partial charge in [-0.3, -0.25) is 0 Å². The van der Waals surface area contributed by atoms with Crippen LogP contribution in [0.5, 0.6) is 0 Å². The van der Waals surface area contributed by atoms with E-state index in [0.717, 1.165) is 41.1 Å². The molecule has 0 radical (unpaired) electrons. The summed E-state index contributed by atoms with van der Waals surface area (Å²) in [6.45, 7) is 5.29. The average molecular weight is 444 g/mol. The summed E-state index contributed by atoms with van der Waals surface area (Å²) in [6, 6.07) is 9.58. The van der Waals surface area contributed by atoms with Crippen molar-refractivity contribution in [3.63, 3.8) is 0 Å². The van der Waals surface area contributed by atoms with E-state index in [9.17, 15) is 8.42 Å². The fraction of sp³-hybridized carbons (Fsp3) is 0.364. The van der Waals surface area contributed by atoms with Gasteiger partial charge in [0.1, 0.15) is 11.2 Å². The number of pyridine rings is 1. The van der Waals surface area contributed by atoms with Gasteiger partial charge in [0.2, 0.25) is 15.9 Å². The Morgan fingerprint density at radius 2 is 1.90 bits per heavy atom. The van der Waals surface area contributed by atoms with Gasteiger partial charge >= 0.3 is 0 Å². The third-order valence-corrected chi connectivity index (χ3v) is 8.05. The maximum Gasteiger partial charge on any atom is 0.244 e. The van der Waals surface area contributed by atoms with Gasteiger partial charge in [-0.15, -0.1) is 0 Å². The summed E-state index contributed by atoms with van der Waals surface area (Å²) >= 11 is 1.50. The molecular formula is C22H25N3O3S2. The molecule has 0 atom stereocenters.